The lowest BCUT2D eigenvalue weighted by Gasteiger charge is -2.35. The Labute approximate surface area is 293 Å². The maximum Gasteiger partial charge on any atom is 0.104 e. The summed E-state index contributed by atoms with van der Waals surface area (Å²) in [5, 5.41) is 12.7. The van der Waals surface area contributed by atoms with Crippen LogP contribution in [0, 0.1) is 0 Å². The lowest BCUT2D eigenvalue weighted by Crippen LogP contribution is -2.37. The molecule has 2 N–H and O–H groups in total. The quantitative estimate of drug-likeness (QED) is 0.189. The van der Waals surface area contributed by atoms with Gasteiger partial charge in [-0.25, -0.2) is 0 Å². The van der Waals surface area contributed by atoms with E-state index in [1.54, 1.807) is 0 Å². The van der Waals surface area contributed by atoms with Crippen molar-refractivity contribution in [2.45, 2.75) is 12.2 Å². The molecule has 0 amide bonds. The molecule has 3 heteroatoms. The predicted octanol–water partition coefficient (Wildman–Crippen LogP) is 11.9. The first-order valence-electron chi connectivity index (χ1n) is 17.3. The minimum absolute atomic E-state index is 0.0485. The first-order valence-corrected chi connectivity index (χ1v) is 17.3. The molecular formula is C47H37N3. The standard InChI is InChI=1S/C47H37N3/c1-50(44-31-28-33-13-6-8-18-41(33)45(44)35-14-3-2-4-15-35)38-29-26-37(27-30-38)47-48-43-21-10-9-19-42(43)46(49-47)36-24-22-34(23-25-36)40-20-11-16-32-12-5-7-17-39(32)40/h2-31,46-49H,1H3. The molecule has 1 aliphatic rings. The van der Waals surface area contributed by atoms with Crippen LogP contribution < -0.4 is 15.5 Å². The zero-order valence-corrected chi connectivity index (χ0v) is 27.9. The molecule has 0 bridgehead atoms. The number of benzene rings is 8. The van der Waals surface area contributed by atoms with E-state index in [0.717, 1.165) is 11.4 Å². The Bertz CT molecular complexity index is 2440. The summed E-state index contributed by atoms with van der Waals surface area (Å²) in [7, 11) is 2.16. The van der Waals surface area contributed by atoms with Gasteiger partial charge < -0.3 is 10.2 Å². The van der Waals surface area contributed by atoms with Crippen LogP contribution in [0.5, 0.6) is 0 Å². The fourth-order valence-electron chi connectivity index (χ4n) is 7.60. The minimum atomic E-state index is -0.0486. The van der Waals surface area contributed by atoms with Crippen LogP contribution in [-0.4, -0.2) is 7.05 Å². The second-order valence-electron chi connectivity index (χ2n) is 13.1. The number of rotatable bonds is 6. The molecule has 2 unspecified atom stereocenters. The summed E-state index contributed by atoms with van der Waals surface area (Å²) in [5.41, 5.74) is 12.1. The Kier molecular flexibility index (Phi) is 7.61. The molecule has 3 nitrogen and oxygen atoms in total. The molecule has 0 saturated heterocycles. The van der Waals surface area contributed by atoms with Gasteiger partial charge in [0, 0.05) is 29.7 Å². The summed E-state index contributed by atoms with van der Waals surface area (Å²) >= 11 is 0. The van der Waals surface area contributed by atoms with Crippen molar-refractivity contribution in [1.29, 1.82) is 0 Å². The zero-order valence-electron chi connectivity index (χ0n) is 27.9. The maximum absolute atomic E-state index is 3.94. The average Bonchev–Trinajstić information content (AvgIpc) is 3.20. The third-order valence-corrected chi connectivity index (χ3v) is 10.2. The molecule has 1 aliphatic heterocycles. The van der Waals surface area contributed by atoms with Gasteiger partial charge in [0.15, 0.2) is 0 Å². The minimum Gasteiger partial charge on any atom is -0.366 e. The molecule has 9 rings (SSSR count). The van der Waals surface area contributed by atoms with Crippen LogP contribution in [0.2, 0.25) is 0 Å². The highest BCUT2D eigenvalue weighted by Gasteiger charge is 2.28. The van der Waals surface area contributed by atoms with Gasteiger partial charge in [0.1, 0.15) is 6.17 Å². The van der Waals surface area contributed by atoms with Crippen LogP contribution in [-0.2, 0) is 0 Å². The Morgan fingerprint density at radius 2 is 1.12 bits per heavy atom. The molecule has 50 heavy (non-hydrogen) atoms. The van der Waals surface area contributed by atoms with Gasteiger partial charge in [-0.3, -0.25) is 5.32 Å². The molecular weight excluding hydrogens is 607 g/mol. The third kappa shape index (κ3) is 5.38. The molecule has 0 saturated carbocycles. The van der Waals surface area contributed by atoms with Crippen LogP contribution in [0.3, 0.4) is 0 Å². The molecule has 8 aromatic carbocycles. The number of nitrogens with one attached hydrogen (secondary N) is 2. The van der Waals surface area contributed by atoms with E-state index < -0.39 is 0 Å². The molecule has 0 spiro atoms. The molecule has 0 fully saturated rings. The lowest BCUT2D eigenvalue weighted by molar-refractivity contribution is 0.506. The van der Waals surface area contributed by atoms with Gasteiger partial charge >= 0.3 is 0 Å². The summed E-state index contributed by atoms with van der Waals surface area (Å²) in [6.45, 7) is 0. The monoisotopic (exact) mass is 643 g/mol. The van der Waals surface area contributed by atoms with Crippen molar-refractivity contribution in [1.82, 2.24) is 5.32 Å². The number of fused-ring (bicyclic) bond motifs is 3. The number of para-hydroxylation sites is 1. The second kappa shape index (κ2) is 12.7. The van der Waals surface area contributed by atoms with Crippen molar-refractivity contribution >= 4 is 38.6 Å². The second-order valence-corrected chi connectivity index (χ2v) is 13.1. The topological polar surface area (TPSA) is 27.3 Å². The number of hydrogen-bond donors (Lipinski definition) is 2. The number of anilines is 3. The summed E-state index contributed by atoms with van der Waals surface area (Å²) in [6.07, 6.45) is -0.0486. The van der Waals surface area contributed by atoms with Gasteiger partial charge in [0.2, 0.25) is 0 Å². The highest BCUT2D eigenvalue weighted by Crippen LogP contribution is 2.41. The van der Waals surface area contributed by atoms with Crippen molar-refractivity contribution in [3.63, 3.8) is 0 Å². The van der Waals surface area contributed by atoms with Crippen molar-refractivity contribution in [2.75, 3.05) is 17.3 Å². The normalized spacial score (nSPS) is 15.4. The van der Waals surface area contributed by atoms with E-state index in [9.17, 15) is 0 Å². The van der Waals surface area contributed by atoms with Gasteiger partial charge in [-0.05, 0) is 79.2 Å². The largest absolute Gasteiger partial charge is 0.366 e. The highest BCUT2D eigenvalue weighted by atomic mass is 15.2. The molecule has 0 aromatic heterocycles. The highest BCUT2D eigenvalue weighted by molar-refractivity contribution is 6.04. The molecule has 1 heterocycles. The summed E-state index contributed by atoms with van der Waals surface area (Å²) in [6, 6.07) is 65.7. The Morgan fingerprint density at radius 3 is 1.92 bits per heavy atom. The molecule has 0 aliphatic carbocycles. The number of hydrogen-bond acceptors (Lipinski definition) is 3. The van der Waals surface area contributed by atoms with E-state index in [4.69, 9.17) is 0 Å². The van der Waals surface area contributed by atoms with Gasteiger partial charge in [-0.1, -0.05) is 158 Å². The zero-order chi connectivity index (χ0) is 33.4. The fourth-order valence-corrected chi connectivity index (χ4v) is 7.60. The van der Waals surface area contributed by atoms with Crippen LogP contribution in [0.25, 0.3) is 43.8 Å². The SMILES string of the molecule is CN(c1ccc(C2Nc3ccccc3C(c3ccc(-c4cccc5ccccc45)cc3)N2)cc1)c1ccc2ccccc2c1-c1ccccc1. The smallest absolute Gasteiger partial charge is 0.104 e. The fraction of sp³-hybridized carbons (Fsp3) is 0.0638. The summed E-state index contributed by atoms with van der Waals surface area (Å²) in [5.74, 6) is 0. The number of nitrogens with zero attached hydrogens (tertiary/aromatic N) is 1. The molecule has 240 valence electrons. The third-order valence-electron chi connectivity index (χ3n) is 10.2. The van der Waals surface area contributed by atoms with Gasteiger partial charge in [0.25, 0.3) is 0 Å². The first-order chi connectivity index (χ1) is 24.7. The maximum atomic E-state index is 3.94. The van der Waals surface area contributed by atoms with Crippen LogP contribution >= 0.6 is 0 Å². The van der Waals surface area contributed by atoms with E-state index in [1.165, 1.54) is 66.2 Å². The Morgan fingerprint density at radius 1 is 0.480 bits per heavy atom. The van der Waals surface area contributed by atoms with E-state index in [2.05, 4.69) is 205 Å². The lowest BCUT2D eigenvalue weighted by atomic mass is 9.91. The first kappa shape index (κ1) is 29.9. The summed E-state index contributed by atoms with van der Waals surface area (Å²) < 4.78 is 0. The van der Waals surface area contributed by atoms with Gasteiger partial charge in [0.05, 0.1) is 6.04 Å². The molecule has 0 radical (unpaired) electrons. The molecule has 2 atom stereocenters. The van der Waals surface area contributed by atoms with Crippen molar-refractivity contribution in [3.05, 3.63) is 199 Å². The van der Waals surface area contributed by atoms with Crippen molar-refractivity contribution < 1.29 is 0 Å². The van der Waals surface area contributed by atoms with Gasteiger partial charge in [-0.2, -0.15) is 0 Å². The Balaban J connectivity index is 1.02. The average molecular weight is 644 g/mol. The molecule has 8 aromatic rings. The van der Waals surface area contributed by atoms with Crippen LogP contribution in [0.1, 0.15) is 28.9 Å². The predicted molar refractivity (Wildman–Crippen MR) is 211 cm³/mol. The van der Waals surface area contributed by atoms with E-state index in [1.807, 2.05) is 0 Å². The van der Waals surface area contributed by atoms with Crippen molar-refractivity contribution in [3.8, 4) is 22.3 Å². The van der Waals surface area contributed by atoms with E-state index >= 15 is 0 Å². The van der Waals surface area contributed by atoms with E-state index in [-0.39, 0.29) is 12.2 Å². The van der Waals surface area contributed by atoms with Gasteiger partial charge in [-0.15, -0.1) is 0 Å². The van der Waals surface area contributed by atoms with Crippen LogP contribution in [0.4, 0.5) is 17.1 Å². The summed E-state index contributed by atoms with van der Waals surface area (Å²) in [4.78, 5) is 2.30. The van der Waals surface area contributed by atoms with E-state index in [0.29, 0.717) is 0 Å². The Hall–Kier alpha value is -6.16. The van der Waals surface area contributed by atoms with Crippen molar-refractivity contribution in [2.24, 2.45) is 0 Å². The van der Waals surface area contributed by atoms with Crippen LogP contribution in [0.15, 0.2) is 182 Å².